The highest BCUT2D eigenvalue weighted by Crippen LogP contribution is 2.27. The third-order valence-electron chi connectivity index (χ3n) is 5.41. The predicted molar refractivity (Wildman–Crippen MR) is 129 cm³/mol. The molecule has 5 nitrogen and oxygen atoms in total. The third-order valence-corrected chi connectivity index (χ3v) is 5.64. The molecule has 0 aliphatic carbocycles. The summed E-state index contributed by atoms with van der Waals surface area (Å²) in [6.45, 7) is 1.87. The quantitative estimate of drug-likeness (QED) is 0.442. The molecule has 4 rings (SSSR count). The van der Waals surface area contributed by atoms with Gasteiger partial charge < -0.3 is 5.32 Å². The van der Waals surface area contributed by atoms with Crippen molar-refractivity contribution in [3.05, 3.63) is 99.9 Å². The molecule has 0 saturated heterocycles. The number of aromatic nitrogens is 2. The van der Waals surface area contributed by atoms with E-state index in [1.807, 2.05) is 55.5 Å². The molecule has 1 heterocycles. The molecule has 4 aromatic rings. The van der Waals surface area contributed by atoms with Gasteiger partial charge in [-0.2, -0.15) is 4.98 Å². The number of amides is 1. The Kier molecular flexibility index (Phi) is 6.66. The number of halogens is 1. The molecule has 0 radical (unpaired) electrons. The molecular weight excluding hydrogens is 422 g/mol. The Morgan fingerprint density at radius 2 is 1.72 bits per heavy atom. The molecule has 0 unspecified atom stereocenters. The van der Waals surface area contributed by atoms with Crippen LogP contribution in [0.4, 0.5) is 0 Å². The minimum atomic E-state index is -0.467. The summed E-state index contributed by atoms with van der Waals surface area (Å²) < 4.78 is 1.40. The minimum absolute atomic E-state index is 0.0179. The van der Waals surface area contributed by atoms with Crippen LogP contribution in [0, 0.1) is 0 Å². The minimum Gasteiger partial charge on any atom is -0.352 e. The number of fused-ring (bicyclic) bond motifs is 1. The van der Waals surface area contributed by atoms with Gasteiger partial charge in [0.05, 0.1) is 11.2 Å². The van der Waals surface area contributed by atoms with Crippen molar-refractivity contribution in [1.82, 2.24) is 14.9 Å². The van der Waals surface area contributed by atoms with Gasteiger partial charge in [-0.25, -0.2) is 4.79 Å². The first-order chi connectivity index (χ1) is 15.5. The third kappa shape index (κ3) is 5.06. The van der Waals surface area contributed by atoms with Crippen LogP contribution in [0.15, 0.2) is 83.7 Å². The van der Waals surface area contributed by atoms with Gasteiger partial charge in [0.15, 0.2) is 0 Å². The van der Waals surface area contributed by atoms with Crippen molar-refractivity contribution in [3.8, 4) is 11.3 Å². The van der Waals surface area contributed by atoms with E-state index in [-0.39, 0.29) is 18.5 Å². The van der Waals surface area contributed by atoms with Gasteiger partial charge in [0.2, 0.25) is 5.91 Å². The second-order valence-corrected chi connectivity index (χ2v) is 8.29. The van der Waals surface area contributed by atoms with Crippen molar-refractivity contribution in [2.45, 2.75) is 32.4 Å². The van der Waals surface area contributed by atoms with E-state index >= 15 is 0 Å². The molecule has 6 heteroatoms. The summed E-state index contributed by atoms with van der Waals surface area (Å²) in [4.78, 5) is 29.9. The van der Waals surface area contributed by atoms with Crippen molar-refractivity contribution in [3.63, 3.8) is 0 Å². The number of hydrogen-bond donors (Lipinski definition) is 1. The number of nitrogens with zero attached hydrogens (tertiary/aromatic N) is 2. The molecule has 0 fully saturated rings. The average molecular weight is 446 g/mol. The number of aryl methyl sites for hydroxylation is 1. The van der Waals surface area contributed by atoms with Gasteiger partial charge in [-0.3, -0.25) is 9.36 Å². The highest BCUT2D eigenvalue weighted by Gasteiger charge is 2.16. The van der Waals surface area contributed by atoms with Gasteiger partial charge in [0.25, 0.3) is 0 Å². The summed E-state index contributed by atoms with van der Waals surface area (Å²) in [5.74, 6) is -0.224. The fourth-order valence-corrected chi connectivity index (χ4v) is 3.96. The van der Waals surface area contributed by atoms with Crippen LogP contribution in [0.5, 0.6) is 0 Å². The van der Waals surface area contributed by atoms with Crippen LogP contribution in [0.3, 0.4) is 0 Å². The first-order valence-corrected chi connectivity index (χ1v) is 11.0. The Morgan fingerprint density at radius 1 is 1.03 bits per heavy atom. The van der Waals surface area contributed by atoms with E-state index in [4.69, 9.17) is 11.6 Å². The average Bonchev–Trinajstić information content (AvgIpc) is 2.80. The molecule has 0 spiro atoms. The molecule has 1 amide bonds. The monoisotopic (exact) mass is 445 g/mol. The fraction of sp³-hybridized carbons (Fsp3) is 0.192. The SMILES string of the molecule is C[C@@H](CCc1ccccc1)NC(=O)Cn1c(=O)nc(-c2ccccc2)c2cc(Cl)ccc21. The molecular formula is C26H24ClN3O2. The lowest BCUT2D eigenvalue weighted by molar-refractivity contribution is -0.122. The summed E-state index contributed by atoms with van der Waals surface area (Å²) in [5.41, 5.74) is 2.77. The highest BCUT2D eigenvalue weighted by atomic mass is 35.5. The summed E-state index contributed by atoms with van der Waals surface area (Å²) in [6, 6.07) is 24.9. The van der Waals surface area contributed by atoms with Crippen LogP contribution < -0.4 is 11.0 Å². The topological polar surface area (TPSA) is 64.0 Å². The molecule has 1 N–H and O–H groups in total. The van der Waals surface area contributed by atoms with E-state index in [0.717, 1.165) is 23.8 Å². The Labute approximate surface area is 191 Å². The van der Waals surface area contributed by atoms with Gasteiger partial charge >= 0.3 is 5.69 Å². The number of nitrogens with one attached hydrogen (secondary N) is 1. The van der Waals surface area contributed by atoms with E-state index in [1.54, 1.807) is 18.2 Å². The maximum absolute atomic E-state index is 12.9. The summed E-state index contributed by atoms with van der Waals surface area (Å²) in [6.07, 6.45) is 1.68. The smallest absolute Gasteiger partial charge is 0.349 e. The van der Waals surface area contributed by atoms with E-state index < -0.39 is 5.69 Å². The van der Waals surface area contributed by atoms with E-state index in [2.05, 4.69) is 22.4 Å². The first kappa shape index (κ1) is 21.8. The van der Waals surface area contributed by atoms with E-state index in [1.165, 1.54) is 10.1 Å². The lowest BCUT2D eigenvalue weighted by atomic mass is 10.1. The maximum Gasteiger partial charge on any atom is 0.349 e. The number of hydrogen-bond acceptors (Lipinski definition) is 3. The van der Waals surface area contributed by atoms with Crippen LogP contribution in [0.1, 0.15) is 18.9 Å². The number of benzene rings is 3. The van der Waals surface area contributed by atoms with Crippen molar-refractivity contribution >= 4 is 28.4 Å². The molecule has 3 aromatic carbocycles. The van der Waals surface area contributed by atoms with Crippen LogP contribution in [-0.4, -0.2) is 21.5 Å². The van der Waals surface area contributed by atoms with Gasteiger partial charge in [-0.05, 0) is 43.5 Å². The Hall–Kier alpha value is -3.44. The van der Waals surface area contributed by atoms with Crippen LogP contribution in [0.25, 0.3) is 22.2 Å². The zero-order valence-corrected chi connectivity index (χ0v) is 18.5. The highest BCUT2D eigenvalue weighted by molar-refractivity contribution is 6.31. The van der Waals surface area contributed by atoms with E-state index in [0.29, 0.717) is 16.2 Å². The largest absolute Gasteiger partial charge is 0.352 e. The molecule has 1 aromatic heterocycles. The second-order valence-electron chi connectivity index (χ2n) is 7.85. The summed E-state index contributed by atoms with van der Waals surface area (Å²) in [5, 5.41) is 4.27. The van der Waals surface area contributed by atoms with Crippen molar-refractivity contribution in [1.29, 1.82) is 0 Å². The number of carbonyl (C=O) groups excluding carboxylic acids is 1. The molecule has 0 aliphatic heterocycles. The van der Waals surface area contributed by atoms with Gasteiger partial charge in [0.1, 0.15) is 6.54 Å². The second kappa shape index (κ2) is 9.79. The van der Waals surface area contributed by atoms with Crippen molar-refractivity contribution in [2.24, 2.45) is 0 Å². The molecule has 0 aliphatic rings. The maximum atomic E-state index is 12.9. The lowest BCUT2D eigenvalue weighted by Gasteiger charge is -2.16. The lowest BCUT2D eigenvalue weighted by Crippen LogP contribution is -2.38. The zero-order valence-electron chi connectivity index (χ0n) is 17.8. The van der Waals surface area contributed by atoms with Crippen molar-refractivity contribution in [2.75, 3.05) is 0 Å². The molecule has 162 valence electrons. The molecule has 1 atom stereocenters. The standard InChI is InChI=1S/C26H24ClN3O2/c1-18(12-13-19-8-4-2-5-9-19)28-24(31)17-30-23-15-14-21(27)16-22(23)25(29-26(30)32)20-10-6-3-7-11-20/h2-11,14-16,18H,12-13,17H2,1H3,(H,28,31)/t18-/m0/s1. The van der Waals surface area contributed by atoms with Crippen LogP contribution >= 0.6 is 11.6 Å². The van der Waals surface area contributed by atoms with Crippen LogP contribution in [0.2, 0.25) is 5.02 Å². The fourth-order valence-electron chi connectivity index (χ4n) is 3.79. The Bertz CT molecular complexity index is 1290. The molecule has 0 bridgehead atoms. The number of carbonyl (C=O) groups is 1. The Morgan fingerprint density at radius 3 is 2.44 bits per heavy atom. The first-order valence-electron chi connectivity index (χ1n) is 10.6. The molecule has 0 saturated carbocycles. The van der Waals surface area contributed by atoms with Crippen molar-refractivity contribution < 1.29 is 4.79 Å². The summed E-state index contributed by atoms with van der Waals surface area (Å²) in [7, 11) is 0. The van der Waals surface area contributed by atoms with Crippen LogP contribution in [-0.2, 0) is 17.8 Å². The van der Waals surface area contributed by atoms with Gasteiger partial charge in [-0.15, -0.1) is 0 Å². The van der Waals surface area contributed by atoms with Gasteiger partial charge in [-0.1, -0.05) is 72.3 Å². The summed E-state index contributed by atoms with van der Waals surface area (Å²) >= 11 is 6.24. The molecule has 32 heavy (non-hydrogen) atoms. The normalized spacial score (nSPS) is 11.9. The number of rotatable bonds is 7. The van der Waals surface area contributed by atoms with Gasteiger partial charge in [0, 0.05) is 22.0 Å². The zero-order chi connectivity index (χ0) is 22.5. The van der Waals surface area contributed by atoms with E-state index in [9.17, 15) is 9.59 Å². The Balaban J connectivity index is 1.56. The predicted octanol–water partition coefficient (Wildman–Crippen LogP) is 4.85.